The van der Waals surface area contributed by atoms with Crippen LogP contribution in [0.3, 0.4) is 0 Å². The van der Waals surface area contributed by atoms with Gasteiger partial charge in [0.1, 0.15) is 23.9 Å². The maximum Gasteiger partial charge on any atom is 0.327 e. The van der Waals surface area contributed by atoms with E-state index in [2.05, 4.69) is 16.0 Å². The number of hydrogen-bond acceptors (Lipinski definition) is 9. The van der Waals surface area contributed by atoms with Crippen LogP contribution in [0.25, 0.3) is 0 Å². The van der Waals surface area contributed by atoms with E-state index in [1.807, 2.05) is 80.6 Å². The van der Waals surface area contributed by atoms with Gasteiger partial charge in [-0.25, -0.2) is 9.59 Å². The molecule has 1 heterocycles. The molecule has 0 saturated heterocycles. The lowest BCUT2D eigenvalue weighted by Crippen LogP contribution is -2.56. The second-order valence-corrected chi connectivity index (χ2v) is 13.9. The summed E-state index contributed by atoms with van der Waals surface area (Å²) in [6, 6.07) is 13.9. The largest absolute Gasteiger partial charge is 0.508 e. The number of urea groups is 1. The lowest BCUT2D eigenvalue weighted by atomic mass is 10.0. The number of phenolic OH excluding ortho intramolecular Hbond substituents is 1. The molecule has 0 fully saturated rings. The summed E-state index contributed by atoms with van der Waals surface area (Å²) in [4.78, 5) is 60.0. The van der Waals surface area contributed by atoms with Crippen LogP contribution in [-0.2, 0) is 20.8 Å². The number of benzene rings is 3. The molecule has 4 amide bonds. The van der Waals surface area contributed by atoms with Crippen molar-refractivity contribution in [2.45, 2.75) is 47.7 Å². The monoisotopic (exact) mass is 694 g/mol. The zero-order chi connectivity index (χ0) is 35.1. The highest BCUT2D eigenvalue weighted by Gasteiger charge is 2.32. The van der Waals surface area contributed by atoms with Gasteiger partial charge in [-0.2, -0.15) is 11.8 Å². The summed E-state index contributed by atoms with van der Waals surface area (Å²) in [6.45, 7) is 1.52. The Labute approximate surface area is 289 Å². The topological polar surface area (TPSA) is 155 Å². The van der Waals surface area contributed by atoms with E-state index < -0.39 is 41.9 Å². The van der Waals surface area contributed by atoms with Crippen molar-refractivity contribution in [3.8, 4) is 5.75 Å². The molecule has 12 nitrogen and oxygen atoms in total. The molecule has 256 valence electrons. The van der Waals surface area contributed by atoms with Gasteiger partial charge in [-0.05, 0) is 79.4 Å². The van der Waals surface area contributed by atoms with Crippen molar-refractivity contribution in [2.24, 2.45) is 0 Å². The van der Waals surface area contributed by atoms with Crippen LogP contribution < -0.4 is 30.7 Å². The summed E-state index contributed by atoms with van der Waals surface area (Å²) < 4.78 is 0. The second kappa shape index (κ2) is 16.0. The molecule has 0 radical (unpaired) electrons. The minimum absolute atomic E-state index is 0.0277. The lowest BCUT2D eigenvalue weighted by Gasteiger charge is -2.33. The van der Waals surface area contributed by atoms with Crippen LogP contribution in [0.1, 0.15) is 18.9 Å². The number of aliphatic carboxylic acids is 1. The average molecular weight is 695 g/mol. The van der Waals surface area contributed by atoms with E-state index in [-0.39, 0.29) is 18.6 Å². The number of carboxylic acids is 1. The molecule has 0 unspecified atom stereocenters. The van der Waals surface area contributed by atoms with E-state index in [0.717, 1.165) is 21.2 Å². The lowest BCUT2D eigenvalue weighted by molar-refractivity contribution is -0.142. The number of hydrogen-bond donors (Lipinski definition) is 5. The molecular weight excluding hydrogens is 653 g/mol. The summed E-state index contributed by atoms with van der Waals surface area (Å²) in [5.74, 6) is -1.92. The predicted octanol–water partition coefficient (Wildman–Crippen LogP) is 4.28. The van der Waals surface area contributed by atoms with Crippen LogP contribution in [-0.4, -0.2) is 92.4 Å². The summed E-state index contributed by atoms with van der Waals surface area (Å²) in [7, 11) is 7.78. The molecule has 1 aliphatic rings. The van der Waals surface area contributed by atoms with Gasteiger partial charge < -0.3 is 36.0 Å². The average Bonchev–Trinajstić information content (AvgIpc) is 3.04. The van der Waals surface area contributed by atoms with Crippen LogP contribution in [0.2, 0.25) is 0 Å². The highest BCUT2D eigenvalue weighted by Crippen LogP contribution is 2.50. The second-order valence-electron chi connectivity index (χ2n) is 11.8. The number of nitrogens with zero attached hydrogens (tertiary/aromatic N) is 3. The molecule has 5 N–H and O–H groups in total. The summed E-state index contributed by atoms with van der Waals surface area (Å²) in [5.41, 5.74) is 3.90. The summed E-state index contributed by atoms with van der Waals surface area (Å²) in [6.07, 6.45) is 2.07. The molecular formula is C34H42N6O6S2. The Balaban J connectivity index is 1.57. The normalized spacial score (nSPS) is 13.7. The molecule has 0 bridgehead atoms. The molecule has 14 heteroatoms. The molecule has 48 heavy (non-hydrogen) atoms. The molecule has 0 aliphatic carbocycles. The van der Waals surface area contributed by atoms with Crippen LogP contribution in [0.4, 0.5) is 27.5 Å². The molecule has 1 aliphatic heterocycles. The summed E-state index contributed by atoms with van der Waals surface area (Å²) >= 11 is 3.02. The Morgan fingerprint density at radius 1 is 0.812 bits per heavy atom. The SMILES string of the molecule is CSCC[C@H](NC(=O)[C@H](Cc1ccc(O)cc1)NC(=O)[C@H](C)NC(=O)N1c2ccc(N(C)C)cc2Sc2cc(N(C)C)ccc21)C(=O)O. The first kappa shape index (κ1) is 36.3. The Morgan fingerprint density at radius 3 is 1.85 bits per heavy atom. The molecule has 3 atom stereocenters. The van der Waals surface area contributed by atoms with E-state index in [1.165, 1.54) is 30.8 Å². The van der Waals surface area contributed by atoms with E-state index in [4.69, 9.17) is 0 Å². The van der Waals surface area contributed by atoms with Crippen molar-refractivity contribution < 1.29 is 29.4 Å². The van der Waals surface area contributed by atoms with Gasteiger partial charge in [-0.3, -0.25) is 14.5 Å². The maximum atomic E-state index is 14.0. The summed E-state index contributed by atoms with van der Waals surface area (Å²) in [5, 5.41) is 27.4. The van der Waals surface area contributed by atoms with Gasteiger partial charge in [0, 0.05) is 55.8 Å². The molecule has 0 aromatic heterocycles. The van der Waals surface area contributed by atoms with Crippen molar-refractivity contribution in [3.63, 3.8) is 0 Å². The Morgan fingerprint density at radius 2 is 1.35 bits per heavy atom. The van der Waals surface area contributed by atoms with Gasteiger partial charge in [0.15, 0.2) is 0 Å². The number of thioether (sulfide) groups is 1. The number of amides is 4. The van der Waals surface area contributed by atoms with Crippen molar-refractivity contribution in [1.82, 2.24) is 16.0 Å². The fourth-order valence-corrected chi connectivity index (χ4v) is 6.61. The first-order valence-electron chi connectivity index (χ1n) is 15.3. The maximum absolute atomic E-state index is 14.0. The van der Waals surface area contributed by atoms with Crippen molar-refractivity contribution in [2.75, 3.05) is 54.9 Å². The van der Waals surface area contributed by atoms with E-state index in [1.54, 1.807) is 28.8 Å². The third-order valence-electron chi connectivity index (χ3n) is 7.79. The molecule has 0 spiro atoms. The van der Waals surface area contributed by atoms with Gasteiger partial charge in [0.2, 0.25) is 11.8 Å². The number of rotatable bonds is 13. The zero-order valence-corrected chi connectivity index (χ0v) is 29.4. The third kappa shape index (κ3) is 8.86. The van der Waals surface area contributed by atoms with E-state index in [9.17, 15) is 29.4 Å². The third-order valence-corrected chi connectivity index (χ3v) is 9.53. The number of aromatic hydroxyl groups is 1. The Bertz CT molecular complexity index is 1590. The quantitative estimate of drug-likeness (QED) is 0.175. The van der Waals surface area contributed by atoms with Gasteiger partial charge >= 0.3 is 12.0 Å². The molecule has 4 rings (SSSR count). The first-order valence-corrected chi connectivity index (χ1v) is 17.5. The first-order chi connectivity index (χ1) is 22.8. The number of anilines is 4. The number of phenols is 1. The standard InChI is InChI=1S/C34H42N6O6S2/c1-20(31(42)37-26(17-21-7-11-24(41)12-8-21)32(43)36-25(33(44)45)15-16-47-6)35-34(46)40-27-13-9-22(38(2)3)18-29(27)48-30-19-23(39(4)5)10-14-28(30)40/h7-14,18-20,25-26,41H,15-17H2,1-6H3,(H,35,46)(H,36,43)(H,37,42)(H,44,45)/t20-,25-,26-/m0/s1. The smallest absolute Gasteiger partial charge is 0.327 e. The number of fused-ring (bicyclic) bond motifs is 2. The number of carbonyl (C=O) groups is 4. The molecule has 3 aromatic rings. The van der Waals surface area contributed by atoms with E-state index in [0.29, 0.717) is 22.7 Å². The fourth-order valence-electron chi connectivity index (χ4n) is 5.02. The van der Waals surface area contributed by atoms with Gasteiger partial charge in [-0.15, -0.1) is 0 Å². The highest BCUT2D eigenvalue weighted by atomic mass is 32.2. The van der Waals surface area contributed by atoms with Gasteiger partial charge in [0.05, 0.1) is 11.4 Å². The number of carbonyl (C=O) groups excluding carboxylic acids is 3. The van der Waals surface area contributed by atoms with E-state index >= 15 is 0 Å². The van der Waals surface area contributed by atoms with Crippen molar-refractivity contribution >= 4 is 70.1 Å². The fraction of sp³-hybridized carbons (Fsp3) is 0.353. The number of carboxylic acid groups (broad SMARTS) is 1. The minimum atomic E-state index is -1.18. The predicted molar refractivity (Wildman–Crippen MR) is 192 cm³/mol. The van der Waals surface area contributed by atoms with Crippen LogP contribution in [0.5, 0.6) is 5.75 Å². The highest BCUT2D eigenvalue weighted by molar-refractivity contribution is 7.99. The molecule has 0 saturated carbocycles. The molecule has 3 aromatic carbocycles. The Kier molecular flexibility index (Phi) is 12.1. The van der Waals surface area contributed by atoms with Crippen LogP contribution >= 0.6 is 23.5 Å². The van der Waals surface area contributed by atoms with Crippen LogP contribution in [0, 0.1) is 0 Å². The Hall–Kier alpha value is -4.56. The van der Waals surface area contributed by atoms with Crippen molar-refractivity contribution in [3.05, 3.63) is 66.2 Å². The zero-order valence-electron chi connectivity index (χ0n) is 27.8. The number of nitrogens with one attached hydrogen (secondary N) is 3. The minimum Gasteiger partial charge on any atom is -0.508 e. The van der Waals surface area contributed by atoms with Crippen LogP contribution in [0.15, 0.2) is 70.5 Å². The van der Waals surface area contributed by atoms with Gasteiger partial charge in [-0.1, -0.05) is 23.9 Å². The van der Waals surface area contributed by atoms with Gasteiger partial charge in [0.25, 0.3) is 0 Å². The van der Waals surface area contributed by atoms with Crippen molar-refractivity contribution in [1.29, 1.82) is 0 Å².